The van der Waals surface area contributed by atoms with Crippen LogP contribution in [0.4, 0.5) is 26.3 Å². The number of nitrogens with one attached hydrogen (secondary N) is 1. The Labute approximate surface area is 119 Å². The van der Waals surface area contributed by atoms with Crippen LogP contribution in [0.3, 0.4) is 0 Å². The molecule has 9 heteroatoms. The molecule has 1 aromatic carbocycles. The van der Waals surface area contributed by atoms with Gasteiger partial charge in [0, 0.05) is 17.8 Å². The van der Waals surface area contributed by atoms with Crippen LogP contribution in [0.5, 0.6) is 5.75 Å². The van der Waals surface area contributed by atoms with Crippen molar-refractivity contribution in [2.75, 3.05) is 0 Å². The number of H-pyrrole nitrogens is 1. The van der Waals surface area contributed by atoms with Gasteiger partial charge >= 0.3 is 12.5 Å². The number of alkyl halides is 6. The highest BCUT2D eigenvalue weighted by Crippen LogP contribution is 2.29. The number of hydrogen-bond donors (Lipinski definition) is 1. The maximum absolute atomic E-state index is 12.6. The third kappa shape index (κ3) is 4.03. The van der Waals surface area contributed by atoms with Gasteiger partial charge in [-0.3, -0.25) is 4.79 Å². The first kappa shape index (κ1) is 15.9. The van der Waals surface area contributed by atoms with E-state index < -0.39 is 29.4 Å². The molecule has 2 rings (SSSR count). The van der Waals surface area contributed by atoms with E-state index in [9.17, 15) is 31.1 Å². The summed E-state index contributed by atoms with van der Waals surface area (Å²) in [6.07, 6.45) is -9.61. The summed E-state index contributed by atoms with van der Waals surface area (Å²) in [5.41, 5.74) is -2.18. The van der Waals surface area contributed by atoms with Gasteiger partial charge in [-0.05, 0) is 29.8 Å². The number of halogens is 6. The highest BCUT2D eigenvalue weighted by molar-refractivity contribution is 5.60. The molecule has 0 aliphatic carbocycles. The zero-order chi connectivity index (χ0) is 16.5. The molecule has 0 atom stereocenters. The Bertz CT molecular complexity index is 715. The van der Waals surface area contributed by atoms with Gasteiger partial charge in [0.25, 0.3) is 0 Å². The average molecular weight is 323 g/mol. The number of hydrogen-bond acceptors (Lipinski definition) is 2. The minimum Gasteiger partial charge on any atom is -0.406 e. The smallest absolute Gasteiger partial charge is 0.406 e. The van der Waals surface area contributed by atoms with Crippen molar-refractivity contribution in [1.29, 1.82) is 0 Å². The first-order valence-electron chi connectivity index (χ1n) is 5.72. The van der Waals surface area contributed by atoms with E-state index in [4.69, 9.17) is 0 Å². The molecular formula is C13H7F6NO2. The van der Waals surface area contributed by atoms with Crippen molar-refractivity contribution >= 4 is 0 Å². The largest absolute Gasteiger partial charge is 0.573 e. The zero-order valence-electron chi connectivity index (χ0n) is 10.5. The van der Waals surface area contributed by atoms with Gasteiger partial charge in [-0.15, -0.1) is 13.2 Å². The van der Waals surface area contributed by atoms with E-state index >= 15 is 0 Å². The molecule has 1 aromatic heterocycles. The zero-order valence-corrected chi connectivity index (χ0v) is 10.5. The van der Waals surface area contributed by atoms with Gasteiger partial charge in [-0.25, -0.2) is 0 Å². The molecule has 1 heterocycles. The van der Waals surface area contributed by atoms with Crippen molar-refractivity contribution in [3.63, 3.8) is 0 Å². The highest BCUT2D eigenvalue weighted by atomic mass is 19.4. The Hall–Kier alpha value is -2.45. The fraction of sp³-hybridized carbons (Fsp3) is 0.154. The molecule has 0 radical (unpaired) electrons. The van der Waals surface area contributed by atoms with Crippen LogP contribution in [-0.4, -0.2) is 11.3 Å². The minimum absolute atomic E-state index is 0.109. The molecule has 0 bridgehead atoms. The Morgan fingerprint density at radius 1 is 0.909 bits per heavy atom. The van der Waals surface area contributed by atoms with Gasteiger partial charge < -0.3 is 9.72 Å². The van der Waals surface area contributed by atoms with Gasteiger partial charge in [-0.2, -0.15) is 13.2 Å². The summed E-state index contributed by atoms with van der Waals surface area (Å²) >= 11 is 0. The van der Waals surface area contributed by atoms with E-state index in [2.05, 4.69) is 4.74 Å². The fourth-order valence-corrected chi connectivity index (χ4v) is 1.69. The molecule has 1 N–H and O–H groups in total. The summed E-state index contributed by atoms with van der Waals surface area (Å²) in [6, 6.07) is 5.38. The van der Waals surface area contributed by atoms with Crippen LogP contribution in [0.2, 0.25) is 0 Å². The molecule has 118 valence electrons. The van der Waals surface area contributed by atoms with E-state index in [1.807, 2.05) is 4.98 Å². The number of benzene rings is 1. The van der Waals surface area contributed by atoms with E-state index in [1.165, 1.54) is 0 Å². The lowest BCUT2D eigenvalue weighted by atomic mass is 10.1. The van der Waals surface area contributed by atoms with Gasteiger partial charge in [0.2, 0.25) is 0 Å². The lowest BCUT2D eigenvalue weighted by molar-refractivity contribution is -0.274. The van der Waals surface area contributed by atoms with Crippen LogP contribution in [0.15, 0.2) is 41.2 Å². The number of aromatic nitrogens is 1. The molecule has 0 aliphatic rings. The monoisotopic (exact) mass is 323 g/mol. The fourth-order valence-electron chi connectivity index (χ4n) is 1.69. The van der Waals surface area contributed by atoms with Gasteiger partial charge in [0.1, 0.15) is 11.4 Å². The maximum Gasteiger partial charge on any atom is 0.573 e. The first-order valence-corrected chi connectivity index (χ1v) is 5.72. The SMILES string of the molecule is O=c1cc(-c2ccc(OC(F)(F)F)cc2)[nH]c(C(F)(F)F)c1. The second-order valence-electron chi connectivity index (χ2n) is 4.21. The third-order valence-electron chi connectivity index (χ3n) is 2.55. The second kappa shape index (κ2) is 5.39. The first-order chi connectivity index (χ1) is 10.0. The van der Waals surface area contributed by atoms with E-state index in [-0.39, 0.29) is 11.3 Å². The van der Waals surface area contributed by atoms with E-state index in [0.717, 1.165) is 30.3 Å². The molecule has 0 amide bonds. The van der Waals surface area contributed by atoms with Crippen molar-refractivity contribution in [2.24, 2.45) is 0 Å². The number of pyridine rings is 1. The van der Waals surface area contributed by atoms with Gasteiger partial charge in [-0.1, -0.05) is 0 Å². The Kier molecular flexibility index (Phi) is 3.90. The normalized spacial score (nSPS) is 12.3. The summed E-state index contributed by atoms with van der Waals surface area (Å²) < 4.78 is 77.5. The molecule has 0 aliphatic heterocycles. The van der Waals surface area contributed by atoms with Crippen LogP contribution >= 0.6 is 0 Å². The average Bonchev–Trinajstić information content (AvgIpc) is 2.36. The van der Waals surface area contributed by atoms with Crippen LogP contribution in [0, 0.1) is 0 Å². The summed E-state index contributed by atoms with van der Waals surface area (Å²) in [5.74, 6) is -0.523. The molecular weight excluding hydrogens is 316 g/mol. The molecule has 0 spiro atoms. The molecule has 0 saturated heterocycles. The summed E-state index contributed by atoms with van der Waals surface area (Å²) in [6.45, 7) is 0. The lowest BCUT2D eigenvalue weighted by Crippen LogP contribution is -2.17. The van der Waals surface area contributed by atoms with Crippen molar-refractivity contribution in [3.05, 3.63) is 52.3 Å². The predicted molar refractivity (Wildman–Crippen MR) is 64.2 cm³/mol. The third-order valence-corrected chi connectivity index (χ3v) is 2.55. The summed E-state index contributed by atoms with van der Waals surface area (Å²) in [5, 5.41) is 0. The van der Waals surface area contributed by atoms with Crippen molar-refractivity contribution in [2.45, 2.75) is 12.5 Å². The van der Waals surface area contributed by atoms with Gasteiger partial charge in [0.15, 0.2) is 5.43 Å². The molecule has 0 unspecified atom stereocenters. The van der Waals surface area contributed by atoms with Crippen molar-refractivity contribution in [3.8, 4) is 17.0 Å². The predicted octanol–water partition coefficient (Wildman–Crippen LogP) is 3.96. The molecule has 0 fully saturated rings. The number of aromatic amines is 1. The minimum atomic E-state index is -4.87. The maximum atomic E-state index is 12.6. The van der Waals surface area contributed by atoms with Crippen LogP contribution in [0.25, 0.3) is 11.3 Å². The Morgan fingerprint density at radius 3 is 2.00 bits per heavy atom. The topological polar surface area (TPSA) is 42.1 Å². The van der Waals surface area contributed by atoms with Crippen molar-refractivity contribution in [1.82, 2.24) is 4.98 Å². The Morgan fingerprint density at radius 2 is 1.50 bits per heavy atom. The van der Waals surface area contributed by atoms with Crippen LogP contribution in [-0.2, 0) is 6.18 Å². The number of ether oxygens (including phenoxy) is 1. The van der Waals surface area contributed by atoms with Gasteiger partial charge in [0.05, 0.1) is 0 Å². The summed E-state index contributed by atoms with van der Waals surface area (Å²) in [4.78, 5) is 13.3. The molecule has 22 heavy (non-hydrogen) atoms. The Balaban J connectivity index is 2.37. The van der Waals surface area contributed by atoms with E-state index in [0.29, 0.717) is 6.07 Å². The van der Waals surface area contributed by atoms with Crippen LogP contribution in [0.1, 0.15) is 5.69 Å². The van der Waals surface area contributed by atoms with Crippen molar-refractivity contribution < 1.29 is 31.1 Å². The van der Waals surface area contributed by atoms with E-state index in [1.54, 1.807) is 0 Å². The summed E-state index contributed by atoms with van der Waals surface area (Å²) in [7, 11) is 0. The quantitative estimate of drug-likeness (QED) is 0.850. The number of rotatable bonds is 2. The molecule has 2 aromatic rings. The standard InChI is InChI=1S/C13H7F6NO2/c14-12(15,16)11-6-8(21)5-10(20-11)7-1-3-9(4-2-7)22-13(17,18)19/h1-6H,(H,20,21). The second-order valence-corrected chi connectivity index (χ2v) is 4.21. The van der Waals surface area contributed by atoms with Crippen LogP contribution < -0.4 is 10.2 Å². The molecule has 0 saturated carbocycles. The molecule has 3 nitrogen and oxygen atoms in total. The highest BCUT2D eigenvalue weighted by Gasteiger charge is 2.32. The lowest BCUT2D eigenvalue weighted by Gasteiger charge is -2.11.